The van der Waals surface area contributed by atoms with E-state index in [9.17, 15) is 4.79 Å². The Morgan fingerprint density at radius 3 is 2.20 bits per heavy atom. The molecule has 0 aromatic heterocycles. The fraction of sp³-hybridized carbons (Fsp3) is 0.941. The van der Waals surface area contributed by atoms with Gasteiger partial charge in [-0.25, -0.2) is 0 Å². The van der Waals surface area contributed by atoms with Crippen LogP contribution in [0.4, 0.5) is 0 Å². The molecule has 1 aliphatic heterocycles. The molecule has 1 atom stereocenters. The van der Waals surface area contributed by atoms with Gasteiger partial charge in [0.25, 0.3) is 0 Å². The second-order valence-corrected chi connectivity index (χ2v) is 8.24. The number of carbonyl (C=O) groups excluding carboxylic acids is 1. The summed E-state index contributed by atoms with van der Waals surface area (Å²) in [6.45, 7) is 11.1. The van der Waals surface area contributed by atoms with E-state index in [1.165, 1.54) is 32.1 Å². The van der Waals surface area contributed by atoms with Gasteiger partial charge >= 0.3 is 0 Å². The number of nitrogens with zero attached hydrogens (tertiary/aromatic N) is 1. The molecule has 114 valence electrons. The van der Waals surface area contributed by atoms with Crippen LogP contribution in [0.3, 0.4) is 0 Å². The highest BCUT2D eigenvalue weighted by atomic mass is 16.2. The van der Waals surface area contributed by atoms with Crippen LogP contribution in [-0.2, 0) is 4.79 Å². The van der Waals surface area contributed by atoms with Crippen LogP contribution in [0.25, 0.3) is 0 Å². The minimum atomic E-state index is 0.164. The van der Waals surface area contributed by atoms with E-state index in [2.05, 4.69) is 37.9 Å². The van der Waals surface area contributed by atoms with E-state index in [1.54, 1.807) is 0 Å². The molecule has 1 saturated heterocycles. The second kappa shape index (κ2) is 4.72. The van der Waals surface area contributed by atoms with Gasteiger partial charge in [-0.3, -0.25) is 4.79 Å². The minimum Gasteiger partial charge on any atom is -0.338 e. The Morgan fingerprint density at radius 1 is 1.10 bits per heavy atom. The summed E-state index contributed by atoms with van der Waals surface area (Å²) < 4.78 is 0. The fourth-order valence-corrected chi connectivity index (χ4v) is 4.10. The Bertz CT molecular complexity index is 378. The Labute approximate surface area is 123 Å². The summed E-state index contributed by atoms with van der Waals surface area (Å²) in [4.78, 5) is 15.2. The van der Waals surface area contributed by atoms with E-state index in [1.807, 2.05) is 0 Å². The van der Waals surface area contributed by atoms with Crippen LogP contribution in [0.2, 0.25) is 0 Å². The zero-order valence-corrected chi connectivity index (χ0v) is 13.5. The van der Waals surface area contributed by atoms with Crippen LogP contribution in [0.5, 0.6) is 0 Å². The van der Waals surface area contributed by atoms with Gasteiger partial charge in [0.05, 0.1) is 0 Å². The van der Waals surface area contributed by atoms with Crippen molar-refractivity contribution in [1.82, 2.24) is 10.2 Å². The Morgan fingerprint density at radius 2 is 1.75 bits per heavy atom. The van der Waals surface area contributed by atoms with Gasteiger partial charge in [-0.15, -0.1) is 0 Å². The van der Waals surface area contributed by atoms with E-state index in [4.69, 9.17) is 0 Å². The van der Waals surface area contributed by atoms with Crippen LogP contribution in [0, 0.1) is 16.7 Å². The maximum atomic E-state index is 13.0. The van der Waals surface area contributed by atoms with Gasteiger partial charge in [0.1, 0.15) is 0 Å². The minimum absolute atomic E-state index is 0.164. The normalized spacial score (nSPS) is 31.9. The van der Waals surface area contributed by atoms with Crippen molar-refractivity contribution in [3.8, 4) is 0 Å². The standard InChI is InChI=1S/C17H30N2O/c1-16(2)14(17(16,3)4)15(20)19(13-8-9-13)11-12-7-5-6-10-18-12/h12-14,18H,5-11H2,1-4H3. The third-order valence-electron chi connectivity index (χ3n) is 6.37. The molecule has 2 saturated carbocycles. The molecule has 0 bridgehead atoms. The van der Waals surface area contributed by atoms with Gasteiger partial charge in [-0.1, -0.05) is 34.1 Å². The molecule has 3 rings (SSSR count). The van der Waals surface area contributed by atoms with E-state index in [0.717, 1.165) is 13.1 Å². The lowest BCUT2D eigenvalue weighted by molar-refractivity contribution is -0.135. The van der Waals surface area contributed by atoms with E-state index >= 15 is 0 Å². The van der Waals surface area contributed by atoms with Crippen LogP contribution in [0.15, 0.2) is 0 Å². The summed E-state index contributed by atoms with van der Waals surface area (Å²) in [5.74, 6) is 0.647. The zero-order valence-electron chi connectivity index (χ0n) is 13.5. The average molecular weight is 278 g/mol. The molecule has 3 nitrogen and oxygen atoms in total. The molecule has 1 amide bonds. The van der Waals surface area contributed by atoms with Crippen LogP contribution in [0.1, 0.15) is 59.8 Å². The fourth-order valence-electron chi connectivity index (χ4n) is 4.10. The number of hydrogen-bond donors (Lipinski definition) is 1. The lowest BCUT2D eigenvalue weighted by Crippen LogP contribution is -2.47. The Balaban J connectivity index is 1.67. The van der Waals surface area contributed by atoms with Crippen molar-refractivity contribution in [2.45, 2.75) is 71.9 Å². The van der Waals surface area contributed by atoms with Crippen molar-refractivity contribution in [3.05, 3.63) is 0 Å². The topological polar surface area (TPSA) is 32.3 Å². The lowest BCUT2D eigenvalue weighted by Gasteiger charge is -2.31. The largest absolute Gasteiger partial charge is 0.338 e. The molecule has 1 heterocycles. The highest BCUT2D eigenvalue weighted by molar-refractivity contribution is 5.84. The highest BCUT2D eigenvalue weighted by Gasteiger charge is 2.69. The van der Waals surface area contributed by atoms with Gasteiger partial charge in [0.2, 0.25) is 5.91 Å². The number of hydrogen-bond acceptors (Lipinski definition) is 2. The van der Waals surface area contributed by atoms with Crippen LogP contribution < -0.4 is 5.32 Å². The molecular weight excluding hydrogens is 248 g/mol. The molecule has 3 fully saturated rings. The molecule has 1 N–H and O–H groups in total. The summed E-state index contributed by atoms with van der Waals surface area (Å²) in [6.07, 6.45) is 6.26. The first kappa shape index (κ1) is 14.4. The van der Waals surface area contributed by atoms with Crippen molar-refractivity contribution < 1.29 is 4.79 Å². The molecule has 3 aliphatic rings. The van der Waals surface area contributed by atoms with Crippen molar-refractivity contribution in [2.75, 3.05) is 13.1 Å². The van der Waals surface area contributed by atoms with Crippen molar-refractivity contribution >= 4 is 5.91 Å². The van der Waals surface area contributed by atoms with Gasteiger partial charge in [-0.2, -0.15) is 0 Å². The monoisotopic (exact) mass is 278 g/mol. The molecule has 1 unspecified atom stereocenters. The maximum Gasteiger partial charge on any atom is 0.227 e. The third-order valence-corrected chi connectivity index (χ3v) is 6.37. The zero-order chi connectivity index (χ0) is 14.5. The van der Waals surface area contributed by atoms with E-state index in [-0.39, 0.29) is 16.7 Å². The predicted octanol–water partition coefficient (Wildman–Crippen LogP) is 2.80. The quantitative estimate of drug-likeness (QED) is 0.857. The molecule has 0 aromatic rings. The first-order valence-corrected chi connectivity index (χ1v) is 8.39. The van der Waals surface area contributed by atoms with Crippen LogP contribution in [-0.4, -0.2) is 36.0 Å². The summed E-state index contributed by atoms with van der Waals surface area (Å²) >= 11 is 0. The van der Waals surface area contributed by atoms with E-state index < -0.39 is 0 Å². The van der Waals surface area contributed by atoms with Gasteiger partial charge < -0.3 is 10.2 Å². The smallest absolute Gasteiger partial charge is 0.227 e. The number of rotatable bonds is 4. The number of piperidine rings is 1. The van der Waals surface area contributed by atoms with Gasteiger partial charge in [0.15, 0.2) is 0 Å². The predicted molar refractivity (Wildman–Crippen MR) is 81.4 cm³/mol. The first-order valence-electron chi connectivity index (χ1n) is 8.39. The molecule has 0 radical (unpaired) electrons. The molecule has 20 heavy (non-hydrogen) atoms. The molecule has 2 aliphatic carbocycles. The van der Waals surface area contributed by atoms with E-state index in [0.29, 0.717) is 18.0 Å². The summed E-state index contributed by atoms with van der Waals surface area (Å²) in [5.41, 5.74) is 0.328. The van der Waals surface area contributed by atoms with Gasteiger partial charge in [0, 0.05) is 24.5 Å². The summed E-state index contributed by atoms with van der Waals surface area (Å²) in [7, 11) is 0. The average Bonchev–Trinajstić information content (AvgIpc) is 3.26. The lowest BCUT2D eigenvalue weighted by atomic mass is 10.0. The van der Waals surface area contributed by atoms with Crippen molar-refractivity contribution in [2.24, 2.45) is 16.7 Å². The first-order chi connectivity index (χ1) is 9.35. The van der Waals surface area contributed by atoms with Crippen molar-refractivity contribution in [1.29, 1.82) is 0 Å². The number of nitrogens with one attached hydrogen (secondary N) is 1. The van der Waals surface area contributed by atoms with Gasteiger partial charge in [-0.05, 0) is 43.1 Å². The molecular formula is C17H30N2O. The Hall–Kier alpha value is -0.570. The number of amides is 1. The molecule has 0 spiro atoms. The SMILES string of the molecule is CC1(C)C(C(=O)N(CC2CCCCN2)C2CC2)C1(C)C. The van der Waals surface area contributed by atoms with Crippen LogP contribution >= 0.6 is 0 Å². The van der Waals surface area contributed by atoms with Crippen molar-refractivity contribution in [3.63, 3.8) is 0 Å². The Kier molecular flexibility index (Phi) is 3.39. The summed E-state index contributed by atoms with van der Waals surface area (Å²) in [5, 5.41) is 3.59. The molecule has 3 heteroatoms. The number of carbonyl (C=O) groups is 1. The third kappa shape index (κ3) is 2.28. The maximum absolute atomic E-state index is 13.0. The highest BCUT2D eigenvalue weighted by Crippen LogP contribution is 2.69. The second-order valence-electron chi connectivity index (χ2n) is 8.24. The molecule has 0 aromatic carbocycles. The summed E-state index contributed by atoms with van der Waals surface area (Å²) in [6, 6.07) is 1.07.